The second-order valence-corrected chi connectivity index (χ2v) is 6.19. The maximum Gasteiger partial charge on any atom is 0.239 e. The molecule has 2 amide bonds. The fourth-order valence-corrected chi connectivity index (χ4v) is 2.52. The highest BCUT2D eigenvalue weighted by Crippen LogP contribution is 2.16. The normalized spacial score (nSPS) is 10.2. The van der Waals surface area contributed by atoms with Crippen molar-refractivity contribution < 1.29 is 23.5 Å². The standard InChI is InChI=1S/C21H25FN2O4/c1-16(25)24(13-14-28-20-9-7-19(27-2)8-10-20)15-21(26)23-12-11-17-3-5-18(22)6-4-17/h3-10H,11-15H2,1-2H3,(H,23,26). The molecule has 6 nitrogen and oxygen atoms in total. The fraction of sp³-hybridized carbons (Fsp3) is 0.333. The lowest BCUT2D eigenvalue weighted by Crippen LogP contribution is -2.42. The van der Waals surface area contributed by atoms with Crippen LogP contribution in [0.5, 0.6) is 11.5 Å². The van der Waals surface area contributed by atoms with E-state index in [-0.39, 0.29) is 30.8 Å². The first-order valence-corrected chi connectivity index (χ1v) is 9.01. The number of carbonyl (C=O) groups excluding carboxylic acids is 2. The van der Waals surface area contributed by atoms with E-state index >= 15 is 0 Å². The smallest absolute Gasteiger partial charge is 0.239 e. The molecule has 0 aliphatic rings. The van der Waals surface area contributed by atoms with E-state index in [1.165, 1.54) is 24.0 Å². The monoisotopic (exact) mass is 388 g/mol. The average Bonchev–Trinajstić information content (AvgIpc) is 2.69. The van der Waals surface area contributed by atoms with Crippen LogP contribution in [-0.4, -0.2) is 50.1 Å². The number of nitrogens with one attached hydrogen (secondary N) is 1. The Hall–Kier alpha value is -3.09. The second kappa shape index (κ2) is 10.9. The van der Waals surface area contributed by atoms with Gasteiger partial charge in [0.05, 0.1) is 20.2 Å². The minimum atomic E-state index is -0.290. The number of methoxy groups -OCH3 is 1. The van der Waals surface area contributed by atoms with E-state index in [4.69, 9.17) is 9.47 Å². The van der Waals surface area contributed by atoms with Gasteiger partial charge in [-0.05, 0) is 48.4 Å². The zero-order chi connectivity index (χ0) is 20.4. The SMILES string of the molecule is COc1ccc(OCCN(CC(=O)NCCc2ccc(F)cc2)C(C)=O)cc1. The average molecular weight is 388 g/mol. The summed E-state index contributed by atoms with van der Waals surface area (Å²) >= 11 is 0. The zero-order valence-corrected chi connectivity index (χ0v) is 16.1. The van der Waals surface area contributed by atoms with E-state index in [1.807, 2.05) is 0 Å². The predicted octanol–water partition coefficient (Wildman–Crippen LogP) is 2.42. The highest BCUT2D eigenvalue weighted by atomic mass is 19.1. The highest BCUT2D eigenvalue weighted by Gasteiger charge is 2.13. The molecule has 7 heteroatoms. The van der Waals surface area contributed by atoms with E-state index in [1.54, 1.807) is 43.5 Å². The van der Waals surface area contributed by atoms with E-state index in [2.05, 4.69) is 5.32 Å². The van der Waals surface area contributed by atoms with Gasteiger partial charge >= 0.3 is 0 Å². The lowest BCUT2D eigenvalue weighted by molar-refractivity contribution is -0.134. The van der Waals surface area contributed by atoms with Crippen LogP contribution in [0.15, 0.2) is 48.5 Å². The molecule has 0 radical (unpaired) electrons. The summed E-state index contributed by atoms with van der Waals surface area (Å²) in [4.78, 5) is 25.3. The molecular formula is C21H25FN2O4. The van der Waals surface area contributed by atoms with Crippen LogP contribution in [0.1, 0.15) is 12.5 Å². The summed E-state index contributed by atoms with van der Waals surface area (Å²) in [5.74, 6) is 0.651. The van der Waals surface area contributed by atoms with Crippen LogP contribution in [0.4, 0.5) is 4.39 Å². The minimum Gasteiger partial charge on any atom is -0.497 e. The van der Waals surface area contributed by atoms with Gasteiger partial charge in [-0.25, -0.2) is 4.39 Å². The van der Waals surface area contributed by atoms with Gasteiger partial charge in [-0.3, -0.25) is 9.59 Å². The Morgan fingerprint density at radius 2 is 1.68 bits per heavy atom. The highest BCUT2D eigenvalue weighted by molar-refractivity contribution is 5.83. The molecule has 0 fully saturated rings. The Labute approximate surface area is 164 Å². The van der Waals surface area contributed by atoms with Gasteiger partial charge in [-0.2, -0.15) is 0 Å². The van der Waals surface area contributed by atoms with Crippen molar-refractivity contribution in [3.8, 4) is 11.5 Å². The number of carbonyl (C=O) groups is 2. The molecule has 28 heavy (non-hydrogen) atoms. The van der Waals surface area contributed by atoms with Crippen LogP contribution < -0.4 is 14.8 Å². The molecule has 2 aromatic rings. The Morgan fingerprint density at radius 3 is 2.29 bits per heavy atom. The van der Waals surface area contributed by atoms with E-state index in [0.29, 0.717) is 25.3 Å². The topological polar surface area (TPSA) is 67.9 Å². The van der Waals surface area contributed by atoms with E-state index in [0.717, 1.165) is 11.3 Å². The number of rotatable bonds is 10. The largest absolute Gasteiger partial charge is 0.497 e. The molecule has 0 aliphatic carbocycles. The molecule has 1 N–H and O–H groups in total. The molecule has 2 rings (SSSR count). The third-order valence-corrected chi connectivity index (χ3v) is 4.12. The minimum absolute atomic E-state index is 0.0370. The summed E-state index contributed by atoms with van der Waals surface area (Å²) in [5.41, 5.74) is 0.929. The van der Waals surface area contributed by atoms with Gasteiger partial charge < -0.3 is 19.7 Å². The number of amides is 2. The van der Waals surface area contributed by atoms with Crippen molar-refractivity contribution in [3.63, 3.8) is 0 Å². The summed E-state index contributed by atoms with van der Waals surface area (Å²) in [5, 5.41) is 2.77. The molecule has 0 unspecified atom stereocenters. The first-order valence-electron chi connectivity index (χ1n) is 9.01. The van der Waals surface area contributed by atoms with Crippen LogP contribution >= 0.6 is 0 Å². The molecule has 0 heterocycles. The molecule has 0 spiro atoms. The summed E-state index contributed by atoms with van der Waals surface area (Å²) in [7, 11) is 1.59. The van der Waals surface area contributed by atoms with E-state index in [9.17, 15) is 14.0 Å². The summed E-state index contributed by atoms with van der Waals surface area (Å²) < 4.78 is 23.6. The zero-order valence-electron chi connectivity index (χ0n) is 16.1. The van der Waals surface area contributed by atoms with Gasteiger partial charge in [0, 0.05) is 13.5 Å². The van der Waals surface area contributed by atoms with Crippen molar-refractivity contribution >= 4 is 11.8 Å². The molecular weight excluding hydrogens is 363 g/mol. The summed E-state index contributed by atoms with van der Waals surface area (Å²) in [6.45, 7) is 2.37. The fourth-order valence-electron chi connectivity index (χ4n) is 2.52. The third kappa shape index (κ3) is 7.26. The number of benzene rings is 2. The number of hydrogen-bond donors (Lipinski definition) is 1. The first kappa shape index (κ1) is 21.2. The van der Waals surface area contributed by atoms with E-state index < -0.39 is 0 Å². The van der Waals surface area contributed by atoms with Crippen LogP contribution in [-0.2, 0) is 16.0 Å². The van der Waals surface area contributed by atoms with Crippen molar-refractivity contribution in [2.45, 2.75) is 13.3 Å². The Morgan fingerprint density at radius 1 is 1.04 bits per heavy atom. The van der Waals surface area contributed by atoms with Gasteiger partial charge in [0.25, 0.3) is 0 Å². The molecule has 0 saturated carbocycles. The van der Waals surface area contributed by atoms with Gasteiger partial charge in [-0.15, -0.1) is 0 Å². The van der Waals surface area contributed by atoms with Gasteiger partial charge in [0.1, 0.15) is 23.9 Å². The molecule has 0 atom stereocenters. The number of nitrogens with zero attached hydrogens (tertiary/aromatic N) is 1. The molecule has 0 aromatic heterocycles. The summed E-state index contributed by atoms with van der Waals surface area (Å²) in [6, 6.07) is 13.3. The predicted molar refractivity (Wildman–Crippen MR) is 104 cm³/mol. The lowest BCUT2D eigenvalue weighted by atomic mass is 10.1. The number of halogens is 1. The molecule has 0 aliphatic heterocycles. The molecule has 0 bridgehead atoms. The van der Waals surface area contributed by atoms with Crippen LogP contribution in [0.25, 0.3) is 0 Å². The van der Waals surface area contributed by atoms with Crippen LogP contribution in [0.2, 0.25) is 0 Å². The van der Waals surface area contributed by atoms with Crippen molar-refractivity contribution in [1.82, 2.24) is 10.2 Å². The number of hydrogen-bond acceptors (Lipinski definition) is 4. The van der Waals surface area contributed by atoms with Gasteiger partial charge in [-0.1, -0.05) is 12.1 Å². The van der Waals surface area contributed by atoms with Gasteiger partial charge in [0.15, 0.2) is 0 Å². The Balaban J connectivity index is 1.72. The molecule has 2 aromatic carbocycles. The van der Waals surface area contributed by atoms with Crippen LogP contribution in [0, 0.1) is 5.82 Å². The van der Waals surface area contributed by atoms with Crippen molar-refractivity contribution in [1.29, 1.82) is 0 Å². The number of ether oxygens (including phenoxy) is 2. The van der Waals surface area contributed by atoms with Crippen molar-refractivity contribution in [2.75, 3.05) is 33.4 Å². The quantitative estimate of drug-likeness (QED) is 0.679. The maximum absolute atomic E-state index is 12.9. The van der Waals surface area contributed by atoms with Crippen molar-refractivity contribution in [3.05, 3.63) is 59.9 Å². The Kier molecular flexibility index (Phi) is 8.27. The maximum atomic E-state index is 12.9. The molecule has 0 saturated heterocycles. The first-order chi connectivity index (χ1) is 13.5. The van der Waals surface area contributed by atoms with Crippen molar-refractivity contribution in [2.24, 2.45) is 0 Å². The second-order valence-electron chi connectivity index (χ2n) is 6.19. The lowest BCUT2D eigenvalue weighted by Gasteiger charge is -2.20. The Bertz CT molecular complexity index is 763. The van der Waals surface area contributed by atoms with Gasteiger partial charge in [0.2, 0.25) is 11.8 Å². The third-order valence-electron chi connectivity index (χ3n) is 4.12. The van der Waals surface area contributed by atoms with Crippen LogP contribution in [0.3, 0.4) is 0 Å². The summed E-state index contributed by atoms with van der Waals surface area (Å²) in [6.07, 6.45) is 0.590. The molecule has 150 valence electrons.